The van der Waals surface area contributed by atoms with Crippen LogP contribution in [0.4, 0.5) is 11.6 Å². The molecule has 0 amide bonds. The average molecular weight is 450 g/mol. The number of non-ortho nitro benzene ring substituents is 1. The Balaban J connectivity index is 0.00000341. The second-order valence-corrected chi connectivity index (χ2v) is 7.04. The van der Waals surface area contributed by atoms with Crippen LogP contribution in [-0.2, 0) is 16.1 Å². The molecule has 31 heavy (non-hydrogen) atoms. The molecule has 0 saturated carbocycles. The Hall–Kier alpha value is -2.91. The van der Waals surface area contributed by atoms with Crippen LogP contribution in [0.2, 0.25) is 0 Å². The molecule has 2 aromatic rings. The number of allylic oxidation sites excluding steroid dienone is 1. The average Bonchev–Trinajstić information content (AvgIpc) is 3.13. The minimum Gasteiger partial charge on any atom is -0.463 e. The Bertz CT molecular complexity index is 984. The van der Waals surface area contributed by atoms with Crippen LogP contribution >= 0.6 is 12.4 Å². The molecule has 0 radical (unpaired) electrons. The quantitative estimate of drug-likeness (QED) is 0.370. The normalized spacial score (nSPS) is 15.2. The van der Waals surface area contributed by atoms with Gasteiger partial charge in [-0.25, -0.2) is 9.78 Å². The Morgan fingerprint density at radius 2 is 2.03 bits per heavy atom. The molecule has 10 heteroatoms. The molecule has 9 nitrogen and oxygen atoms in total. The summed E-state index contributed by atoms with van der Waals surface area (Å²) in [6, 6.07) is 5.80. The first kappa shape index (κ1) is 24.4. The first-order chi connectivity index (χ1) is 14.4. The fourth-order valence-electron chi connectivity index (χ4n) is 3.74. The molecule has 1 aliphatic heterocycles. The summed E-state index contributed by atoms with van der Waals surface area (Å²) in [7, 11) is 0. The fourth-order valence-corrected chi connectivity index (χ4v) is 3.74. The number of hydrogen-bond acceptors (Lipinski definition) is 7. The Morgan fingerprint density at radius 1 is 1.32 bits per heavy atom. The number of anilines is 1. The number of benzene rings is 1. The van der Waals surface area contributed by atoms with Gasteiger partial charge in [-0.2, -0.15) is 0 Å². The number of rotatable bonds is 8. The molecule has 0 fully saturated rings. The van der Waals surface area contributed by atoms with Crippen LogP contribution in [0.3, 0.4) is 0 Å². The first-order valence-corrected chi connectivity index (χ1v) is 10.1. The summed E-state index contributed by atoms with van der Waals surface area (Å²) in [5, 5.41) is 14.6. The summed E-state index contributed by atoms with van der Waals surface area (Å²) in [5.41, 5.74) is 2.56. The third-order valence-corrected chi connectivity index (χ3v) is 5.28. The molecule has 0 saturated heterocycles. The van der Waals surface area contributed by atoms with Crippen molar-refractivity contribution in [1.82, 2.24) is 14.5 Å². The lowest BCUT2D eigenvalue weighted by atomic mass is 9.94. The van der Waals surface area contributed by atoms with Gasteiger partial charge in [-0.3, -0.25) is 15.0 Å². The van der Waals surface area contributed by atoms with Gasteiger partial charge in [0.15, 0.2) is 0 Å². The van der Waals surface area contributed by atoms with Gasteiger partial charge >= 0.3 is 5.97 Å². The molecule has 168 valence electrons. The van der Waals surface area contributed by atoms with E-state index in [1.807, 2.05) is 4.57 Å². The lowest BCUT2D eigenvalue weighted by molar-refractivity contribution is -0.384. The molecule has 1 aliphatic rings. The van der Waals surface area contributed by atoms with Crippen molar-refractivity contribution in [2.24, 2.45) is 0 Å². The third-order valence-electron chi connectivity index (χ3n) is 5.28. The molecule has 2 heterocycles. The van der Waals surface area contributed by atoms with E-state index in [-0.39, 0.29) is 24.7 Å². The number of halogens is 1. The van der Waals surface area contributed by atoms with Crippen molar-refractivity contribution < 1.29 is 14.5 Å². The fraction of sp³-hybridized carbons (Fsp3) is 0.429. The Labute approximate surface area is 187 Å². The number of fused-ring (bicyclic) bond motifs is 1. The summed E-state index contributed by atoms with van der Waals surface area (Å²) >= 11 is 0. The maximum absolute atomic E-state index is 12.9. The zero-order valence-electron chi connectivity index (χ0n) is 18.1. The van der Waals surface area contributed by atoms with Gasteiger partial charge in [0.05, 0.1) is 35.0 Å². The van der Waals surface area contributed by atoms with Crippen LogP contribution in [-0.4, -0.2) is 45.0 Å². The monoisotopic (exact) mass is 449 g/mol. The predicted molar refractivity (Wildman–Crippen MR) is 120 cm³/mol. The number of nitrogens with one attached hydrogen (secondary N) is 1. The minimum absolute atomic E-state index is 0. The van der Waals surface area contributed by atoms with Crippen LogP contribution < -0.4 is 5.32 Å². The standard InChI is InChI=1S/C21H27N5O4.ClH/c1-5-24(6-2)13-17-12-22-21-23-14(4)18(20(27)30-7-3)19(25(17)21)15-9-8-10-16(11-15)26(28)29;/h8-12,19H,5-7,13H2,1-4H3,(H,22,23);1H. The maximum Gasteiger partial charge on any atom is 0.338 e. The second kappa shape index (κ2) is 10.4. The number of hydrogen-bond donors (Lipinski definition) is 1. The minimum atomic E-state index is -0.576. The van der Waals surface area contributed by atoms with E-state index in [1.165, 1.54) is 12.1 Å². The number of esters is 1. The van der Waals surface area contributed by atoms with Crippen molar-refractivity contribution in [2.75, 3.05) is 25.0 Å². The van der Waals surface area contributed by atoms with E-state index in [0.29, 0.717) is 29.3 Å². The molecule has 1 atom stereocenters. The van der Waals surface area contributed by atoms with Crippen molar-refractivity contribution in [3.05, 3.63) is 63.1 Å². The van der Waals surface area contributed by atoms with E-state index < -0.39 is 16.9 Å². The highest BCUT2D eigenvalue weighted by molar-refractivity contribution is 5.92. The zero-order chi connectivity index (χ0) is 21.8. The van der Waals surface area contributed by atoms with Gasteiger partial charge in [-0.15, -0.1) is 12.4 Å². The van der Waals surface area contributed by atoms with Crippen molar-refractivity contribution >= 4 is 30.0 Å². The predicted octanol–water partition coefficient (Wildman–Crippen LogP) is 3.91. The van der Waals surface area contributed by atoms with E-state index in [0.717, 1.165) is 18.8 Å². The highest BCUT2D eigenvalue weighted by Crippen LogP contribution is 2.38. The summed E-state index contributed by atoms with van der Waals surface area (Å²) in [4.78, 5) is 30.6. The third kappa shape index (κ3) is 4.88. The molecular weight excluding hydrogens is 422 g/mol. The number of nitrogens with zero attached hydrogens (tertiary/aromatic N) is 4. The highest BCUT2D eigenvalue weighted by atomic mass is 35.5. The smallest absolute Gasteiger partial charge is 0.338 e. The van der Waals surface area contributed by atoms with Gasteiger partial charge in [0.25, 0.3) is 5.69 Å². The SMILES string of the molecule is CCOC(=O)C1=C(C)Nc2ncc(CN(CC)CC)n2C1c1cccc([N+](=O)[O-])c1.Cl. The molecule has 0 bridgehead atoms. The van der Waals surface area contributed by atoms with E-state index in [9.17, 15) is 14.9 Å². The number of carbonyl (C=O) groups is 1. The van der Waals surface area contributed by atoms with Gasteiger partial charge < -0.3 is 14.6 Å². The molecule has 1 N–H and O–H groups in total. The summed E-state index contributed by atoms with van der Waals surface area (Å²) in [5.74, 6) is 0.145. The summed E-state index contributed by atoms with van der Waals surface area (Å²) in [6.07, 6.45) is 1.78. The lowest BCUT2D eigenvalue weighted by Crippen LogP contribution is -2.31. The number of carbonyl (C=O) groups excluding carboxylic acids is 1. The zero-order valence-corrected chi connectivity index (χ0v) is 18.9. The molecular formula is C21H28ClN5O4. The van der Waals surface area contributed by atoms with Crippen molar-refractivity contribution in [3.63, 3.8) is 0 Å². The van der Waals surface area contributed by atoms with Gasteiger partial charge in [-0.05, 0) is 32.5 Å². The van der Waals surface area contributed by atoms with Crippen LogP contribution in [0.1, 0.15) is 45.0 Å². The lowest BCUT2D eigenvalue weighted by Gasteiger charge is -2.32. The number of nitro groups is 1. The van der Waals surface area contributed by atoms with Crippen LogP contribution in [0.25, 0.3) is 0 Å². The van der Waals surface area contributed by atoms with Crippen molar-refractivity contribution in [2.45, 2.75) is 40.3 Å². The largest absolute Gasteiger partial charge is 0.463 e. The molecule has 1 aromatic heterocycles. The topological polar surface area (TPSA) is 103 Å². The number of nitro benzene ring substituents is 1. The first-order valence-electron chi connectivity index (χ1n) is 10.1. The number of imidazole rings is 1. The summed E-state index contributed by atoms with van der Waals surface area (Å²) < 4.78 is 7.26. The number of ether oxygens (including phenoxy) is 1. The van der Waals surface area contributed by atoms with Gasteiger partial charge in [-0.1, -0.05) is 26.0 Å². The van der Waals surface area contributed by atoms with E-state index in [2.05, 4.69) is 29.0 Å². The summed E-state index contributed by atoms with van der Waals surface area (Å²) in [6.45, 7) is 10.3. The van der Waals surface area contributed by atoms with Gasteiger partial charge in [0.2, 0.25) is 5.95 Å². The van der Waals surface area contributed by atoms with Gasteiger partial charge in [0.1, 0.15) is 0 Å². The second-order valence-electron chi connectivity index (χ2n) is 7.04. The van der Waals surface area contributed by atoms with E-state index in [4.69, 9.17) is 4.74 Å². The van der Waals surface area contributed by atoms with Crippen molar-refractivity contribution in [1.29, 1.82) is 0 Å². The van der Waals surface area contributed by atoms with Crippen LogP contribution in [0.5, 0.6) is 0 Å². The molecule has 3 rings (SSSR count). The van der Waals surface area contributed by atoms with Gasteiger partial charge in [0, 0.05) is 24.4 Å². The van der Waals surface area contributed by atoms with Crippen molar-refractivity contribution in [3.8, 4) is 0 Å². The van der Waals surface area contributed by atoms with E-state index in [1.54, 1.807) is 32.2 Å². The highest BCUT2D eigenvalue weighted by Gasteiger charge is 2.35. The van der Waals surface area contributed by atoms with Crippen LogP contribution in [0, 0.1) is 10.1 Å². The molecule has 1 aromatic carbocycles. The molecule has 0 spiro atoms. The number of aromatic nitrogens is 2. The van der Waals surface area contributed by atoms with E-state index >= 15 is 0 Å². The maximum atomic E-state index is 12.9. The van der Waals surface area contributed by atoms with Crippen LogP contribution in [0.15, 0.2) is 41.7 Å². The Morgan fingerprint density at radius 3 is 2.65 bits per heavy atom. The molecule has 0 aliphatic carbocycles. The molecule has 1 unspecified atom stereocenters. The Kier molecular flexibility index (Phi) is 8.18.